The number of nitrogens with one attached hydrogen (secondary N) is 1. The van der Waals surface area contributed by atoms with Gasteiger partial charge >= 0.3 is 18.1 Å². The molecule has 0 aromatic heterocycles. The first-order valence-corrected chi connectivity index (χ1v) is 17.3. The molecule has 2 aliphatic heterocycles. The largest absolute Gasteiger partial charge is 0.490 e. The Hall–Kier alpha value is -3.91. The Kier molecular flexibility index (Phi) is 14.2. The number of amides is 2. The average molecular weight is 708 g/mol. The van der Waals surface area contributed by atoms with Crippen molar-refractivity contribution in [1.29, 1.82) is 0 Å². The summed E-state index contributed by atoms with van der Waals surface area (Å²) in [4.78, 5) is 65.6. The van der Waals surface area contributed by atoms with Crippen LogP contribution in [0.2, 0.25) is 0 Å². The number of alkyl halides is 3. The van der Waals surface area contributed by atoms with Crippen molar-refractivity contribution >= 4 is 40.6 Å². The Morgan fingerprint density at radius 2 is 1.63 bits per heavy atom. The number of rotatable bonds is 11. The van der Waals surface area contributed by atoms with Crippen LogP contribution in [0, 0.1) is 5.92 Å². The molecule has 1 fully saturated rings. The van der Waals surface area contributed by atoms with E-state index in [9.17, 15) is 37.5 Å². The van der Waals surface area contributed by atoms with E-state index in [4.69, 9.17) is 9.90 Å². The Bertz CT molecular complexity index is 1490. The molecular formula is C35H44F3N3O7S. The van der Waals surface area contributed by atoms with Gasteiger partial charge in [-0.05, 0) is 66.6 Å². The SMILES string of the molecule is CC[C@H](C)[C@H](SC(=O)CN(CC)CC)C(=O)N[C@H]1Cc2ccc(-c3ccccc3)cc2[C@H]2CCC[C@@H](C(=O)O)N2C1=O.O=C(O)C(F)(F)F. The van der Waals surface area contributed by atoms with Crippen LogP contribution in [0.5, 0.6) is 0 Å². The summed E-state index contributed by atoms with van der Waals surface area (Å²) in [6.07, 6.45) is -2.40. The summed E-state index contributed by atoms with van der Waals surface area (Å²) in [5, 5.41) is 19.5. The standard InChI is InChI=1S/C33H43N3O5S.C2HF3O2/c1-5-21(4)30(42-29(37)20-35(6-2)7-3)31(38)34-26-19-24-17-16-23(22-12-9-8-10-13-22)18-25(24)27-14-11-15-28(33(40)41)36(27)32(26)39;3-2(4,5)1(6)7/h8-10,12-13,16-18,21,26-28,30H,5-7,11,14-15,19-20H2,1-4H3,(H,34,38)(H,40,41);(H,6,7)/t21-,26-,27+,28-,30-;/m0./s1. The number of aliphatic carboxylic acids is 2. The summed E-state index contributed by atoms with van der Waals surface area (Å²) in [7, 11) is 0. The minimum absolute atomic E-state index is 0.0767. The van der Waals surface area contributed by atoms with Crippen LogP contribution in [-0.4, -0.2) is 92.0 Å². The van der Waals surface area contributed by atoms with E-state index in [0.717, 1.165) is 47.1 Å². The molecule has 0 bridgehead atoms. The molecule has 4 rings (SSSR count). The zero-order chi connectivity index (χ0) is 36.5. The molecule has 10 nitrogen and oxygen atoms in total. The lowest BCUT2D eigenvalue weighted by molar-refractivity contribution is -0.192. The van der Waals surface area contributed by atoms with Crippen LogP contribution in [0.4, 0.5) is 13.2 Å². The van der Waals surface area contributed by atoms with E-state index >= 15 is 0 Å². The van der Waals surface area contributed by atoms with Gasteiger partial charge < -0.3 is 20.4 Å². The summed E-state index contributed by atoms with van der Waals surface area (Å²) >= 11 is 1.04. The number of hydrogen-bond acceptors (Lipinski definition) is 7. The van der Waals surface area contributed by atoms with Gasteiger partial charge in [-0.15, -0.1) is 0 Å². The Labute approximate surface area is 288 Å². The topological polar surface area (TPSA) is 144 Å². The minimum Gasteiger partial charge on any atom is -0.480 e. The molecule has 14 heteroatoms. The predicted molar refractivity (Wildman–Crippen MR) is 180 cm³/mol. The van der Waals surface area contributed by atoms with Gasteiger partial charge in [-0.1, -0.05) is 88.3 Å². The highest BCUT2D eigenvalue weighted by atomic mass is 32.2. The second kappa shape index (κ2) is 17.7. The molecule has 0 saturated carbocycles. The molecule has 268 valence electrons. The number of halogens is 3. The molecule has 2 amide bonds. The van der Waals surface area contributed by atoms with Gasteiger partial charge in [0.1, 0.15) is 12.1 Å². The average Bonchev–Trinajstić information content (AvgIpc) is 3.19. The number of hydrogen-bond donors (Lipinski definition) is 3. The molecule has 2 heterocycles. The number of thioether (sulfide) groups is 1. The first kappa shape index (κ1) is 39.5. The lowest BCUT2D eigenvalue weighted by Crippen LogP contribution is -2.56. The fourth-order valence-corrected chi connectivity index (χ4v) is 7.20. The fraction of sp³-hybridized carbons (Fsp3) is 0.514. The van der Waals surface area contributed by atoms with Crippen molar-refractivity contribution in [3.63, 3.8) is 0 Å². The van der Waals surface area contributed by atoms with Gasteiger partial charge in [0, 0.05) is 6.42 Å². The molecule has 2 aromatic carbocycles. The van der Waals surface area contributed by atoms with Crippen LogP contribution in [0.3, 0.4) is 0 Å². The number of carboxylic acid groups (broad SMARTS) is 2. The molecule has 49 heavy (non-hydrogen) atoms. The van der Waals surface area contributed by atoms with Gasteiger partial charge in [0.2, 0.25) is 16.9 Å². The normalized spacial score (nSPS) is 20.1. The molecule has 0 spiro atoms. The molecule has 3 N–H and O–H groups in total. The van der Waals surface area contributed by atoms with Gasteiger partial charge in [0.25, 0.3) is 0 Å². The molecule has 0 aliphatic carbocycles. The van der Waals surface area contributed by atoms with Gasteiger partial charge in [0.15, 0.2) is 0 Å². The van der Waals surface area contributed by atoms with Crippen molar-refractivity contribution in [2.24, 2.45) is 5.92 Å². The molecule has 2 aromatic rings. The zero-order valence-electron chi connectivity index (χ0n) is 28.0. The zero-order valence-corrected chi connectivity index (χ0v) is 28.9. The summed E-state index contributed by atoms with van der Waals surface area (Å²) < 4.78 is 31.7. The molecule has 0 radical (unpaired) electrons. The quantitative estimate of drug-likeness (QED) is 0.274. The first-order valence-electron chi connectivity index (χ1n) is 16.4. The van der Waals surface area contributed by atoms with Crippen molar-refractivity contribution < 1.29 is 47.4 Å². The van der Waals surface area contributed by atoms with Crippen molar-refractivity contribution in [3.8, 4) is 11.1 Å². The predicted octanol–water partition coefficient (Wildman–Crippen LogP) is 5.55. The number of piperidine rings is 1. The maximum Gasteiger partial charge on any atom is 0.490 e. The van der Waals surface area contributed by atoms with Gasteiger partial charge in [0.05, 0.1) is 17.8 Å². The van der Waals surface area contributed by atoms with E-state index in [1.807, 2.05) is 75.1 Å². The third kappa shape index (κ3) is 10.3. The number of benzene rings is 2. The summed E-state index contributed by atoms with van der Waals surface area (Å²) in [6.45, 7) is 9.66. The second-order valence-electron chi connectivity index (χ2n) is 12.2. The van der Waals surface area contributed by atoms with Crippen LogP contribution in [0.1, 0.15) is 70.5 Å². The Morgan fingerprint density at radius 1 is 1.00 bits per heavy atom. The fourth-order valence-electron chi connectivity index (χ4n) is 6.06. The third-order valence-corrected chi connectivity index (χ3v) is 10.3. The number of carboxylic acids is 2. The Balaban J connectivity index is 0.000000838. The maximum absolute atomic E-state index is 14.1. The number of carbonyl (C=O) groups is 5. The van der Waals surface area contributed by atoms with E-state index in [-0.39, 0.29) is 41.9 Å². The summed E-state index contributed by atoms with van der Waals surface area (Å²) in [5.74, 6) is -4.61. The first-order chi connectivity index (χ1) is 23.1. The molecular weight excluding hydrogens is 663 g/mol. The molecule has 1 saturated heterocycles. The molecule has 0 unspecified atom stereocenters. The van der Waals surface area contributed by atoms with Crippen LogP contribution < -0.4 is 5.32 Å². The van der Waals surface area contributed by atoms with Crippen molar-refractivity contribution in [3.05, 3.63) is 59.7 Å². The summed E-state index contributed by atoms with van der Waals surface area (Å²) in [5.41, 5.74) is 3.91. The smallest absolute Gasteiger partial charge is 0.480 e. The highest BCUT2D eigenvalue weighted by molar-refractivity contribution is 8.14. The van der Waals surface area contributed by atoms with Crippen LogP contribution >= 0.6 is 11.8 Å². The number of carbonyl (C=O) groups excluding carboxylic acids is 3. The number of likely N-dealkylation sites (N-methyl/N-ethyl adjacent to an activating group) is 1. The van der Waals surface area contributed by atoms with Crippen molar-refractivity contribution in [2.75, 3.05) is 19.6 Å². The van der Waals surface area contributed by atoms with E-state index in [1.54, 1.807) is 0 Å². The van der Waals surface area contributed by atoms with E-state index in [0.29, 0.717) is 25.7 Å². The summed E-state index contributed by atoms with van der Waals surface area (Å²) in [6, 6.07) is 13.8. The van der Waals surface area contributed by atoms with Gasteiger partial charge in [-0.2, -0.15) is 13.2 Å². The van der Waals surface area contributed by atoms with E-state index < -0.39 is 35.4 Å². The van der Waals surface area contributed by atoms with E-state index in [2.05, 4.69) is 11.4 Å². The lowest BCUT2D eigenvalue weighted by Gasteiger charge is -2.41. The highest BCUT2D eigenvalue weighted by Crippen LogP contribution is 2.41. The van der Waals surface area contributed by atoms with Crippen LogP contribution in [0.15, 0.2) is 48.5 Å². The van der Waals surface area contributed by atoms with Gasteiger partial charge in [-0.3, -0.25) is 19.3 Å². The maximum atomic E-state index is 14.1. The van der Waals surface area contributed by atoms with Crippen LogP contribution in [0.25, 0.3) is 11.1 Å². The lowest BCUT2D eigenvalue weighted by atomic mass is 9.87. The van der Waals surface area contributed by atoms with E-state index in [1.165, 1.54) is 4.90 Å². The van der Waals surface area contributed by atoms with Crippen molar-refractivity contribution in [2.45, 2.75) is 89.4 Å². The van der Waals surface area contributed by atoms with Crippen molar-refractivity contribution in [1.82, 2.24) is 15.1 Å². The molecule has 2 aliphatic rings. The molecule has 5 atom stereocenters. The number of fused-ring (bicyclic) bond motifs is 3. The third-order valence-electron chi connectivity index (χ3n) is 8.98. The second-order valence-corrected chi connectivity index (χ2v) is 13.4. The monoisotopic (exact) mass is 707 g/mol. The Morgan fingerprint density at radius 3 is 2.18 bits per heavy atom. The van der Waals surface area contributed by atoms with Crippen LogP contribution in [-0.2, 0) is 30.4 Å². The van der Waals surface area contributed by atoms with Gasteiger partial charge in [-0.25, -0.2) is 9.59 Å². The highest BCUT2D eigenvalue weighted by Gasteiger charge is 2.45. The minimum atomic E-state index is -5.08. The number of nitrogens with zero attached hydrogens (tertiary/aromatic N) is 2.